The van der Waals surface area contributed by atoms with E-state index in [1.807, 2.05) is 6.07 Å². The molecule has 0 radical (unpaired) electrons. The van der Waals surface area contributed by atoms with Gasteiger partial charge >= 0.3 is 6.03 Å². The lowest BCUT2D eigenvalue weighted by Gasteiger charge is -2.34. The molecule has 0 aliphatic carbocycles. The summed E-state index contributed by atoms with van der Waals surface area (Å²) in [6, 6.07) is 12.3. The number of sulfonamides is 1. The van der Waals surface area contributed by atoms with Gasteiger partial charge in [-0.1, -0.05) is 30.3 Å². The average Bonchev–Trinajstić information content (AvgIpc) is 2.79. The van der Waals surface area contributed by atoms with Crippen LogP contribution >= 0.6 is 0 Å². The molecule has 11 nitrogen and oxygen atoms in total. The number of carbonyl (C=O) groups excluding carboxylic acids is 2. The maximum atomic E-state index is 12.8. The summed E-state index contributed by atoms with van der Waals surface area (Å²) in [4.78, 5) is 35.8. The van der Waals surface area contributed by atoms with Crippen LogP contribution in [0.15, 0.2) is 59.5 Å². The zero-order valence-corrected chi connectivity index (χ0v) is 17.9. The maximum absolute atomic E-state index is 12.8. The van der Waals surface area contributed by atoms with Crippen LogP contribution in [-0.2, 0) is 14.8 Å². The topological polar surface area (TPSA) is 156 Å². The second kappa shape index (κ2) is 9.75. The summed E-state index contributed by atoms with van der Waals surface area (Å²) < 4.78 is 26.9. The Kier molecular flexibility index (Phi) is 7.05. The molecule has 3 amide bonds. The standard InChI is InChI=1S/C20H23N5O6S/c21-20(27)22-18(15-4-2-1-3-5-15)14-19(26)23-10-12-24(13-11-23)32(30,31)17-8-6-16(7-9-17)25(28)29/h1-9,18H,10-14H2,(H3,21,22,27). The molecule has 2 aromatic rings. The minimum Gasteiger partial charge on any atom is -0.352 e. The van der Waals surface area contributed by atoms with Gasteiger partial charge in [0.05, 0.1) is 22.3 Å². The molecule has 3 rings (SSSR count). The number of piperazine rings is 1. The van der Waals surface area contributed by atoms with Gasteiger partial charge in [-0.05, 0) is 17.7 Å². The molecule has 1 fully saturated rings. The van der Waals surface area contributed by atoms with E-state index in [-0.39, 0.29) is 49.1 Å². The largest absolute Gasteiger partial charge is 0.352 e. The van der Waals surface area contributed by atoms with Crippen molar-refractivity contribution < 1.29 is 22.9 Å². The van der Waals surface area contributed by atoms with Gasteiger partial charge in [0.25, 0.3) is 5.69 Å². The molecule has 3 N–H and O–H groups in total. The number of nitro benzene ring substituents is 1. The number of nitrogens with zero attached hydrogens (tertiary/aromatic N) is 3. The van der Waals surface area contributed by atoms with Crippen LogP contribution in [0.3, 0.4) is 0 Å². The van der Waals surface area contributed by atoms with Gasteiger partial charge in [-0.25, -0.2) is 13.2 Å². The molecule has 1 atom stereocenters. The fourth-order valence-corrected chi connectivity index (χ4v) is 4.90. The first-order valence-electron chi connectivity index (χ1n) is 9.82. The molecule has 32 heavy (non-hydrogen) atoms. The van der Waals surface area contributed by atoms with Crippen LogP contribution in [0, 0.1) is 10.1 Å². The van der Waals surface area contributed by atoms with Gasteiger partial charge in [0.15, 0.2) is 0 Å². The average molecular weight is 462 g/mol. The van der Waals surface area contributed by atoms with Crippen molar-refractivity contribution in [2.24, 2.45) is 5.73 Å². The predicted octanol–water partition coefficient (Wildman–Crippen LogP) is 1.23. The van der Waals surface area contributed by atoms with E-state index in [0.29, 0.717) is 0 Å². The van der Waals surface area contributed by atoms with Gasteiger partial charge in [-0.15, -0.1) is 0 Å². The number of amides is 3. The molecule has 0 aromatic heterocycles. The van der Waals surface area contributed by atoms with Crippen molar-refractivity contribution in [3.63, 3.8) is 0 Å². The van der Waals surface area contributed by atoms with E-state index >= 15 is 0 Å². The summed E-state index contributed by atoms with van der Waals surface area (Å²) in [6.45, 7) is 0.543. The molecule has 1 unspecified atom stereocenters. The molecule has 1 heterocycles. The van der Waals surface area contributed by atoms with Crippen molar-refractivity contribution in [3.05, 3.63) is 70.3 Å². The fourth-order valence-electron chi connectivity index (χ4n) is 3.48. The third kappa shape index (κ3) is 5.39. The Balaban J connectivity index is 1.63. The highest BCUT2D eigenvalue weighted by molar-refractivity contribution is 7.89. The molecule has 170 valence electrons. The molecule has 0 spiro atoms. The second-order valence-electron chi connectivity index (χ2n) is 7.21. The summed E-state index contributed by atoms with van der Waals surface area (Å²) in [5.74, 6) is -0.236. The summed E-state index contributed by atoms with van der Waals surface area (Å²) in [7, 11) is -3.84. The lowest BCUT2D eigenvalue weighted by Crippen LogP contribution is -2.51. The Morgan fingerprint density at radius 3 is 2.16 bits per heavy atom. The summed E-state index contributed by atoms with van der Waals surface area (Å²) in [6.07, 6.45) is -0.0118. The van der Waals surface area contributed by atoms with Gasteiger partial charge in [-0.2, -0.15) is 4.31 Å². The molecular formula is C20H23N5O6S. The third-order valence-electron chi connectivity index (χ3n) is 5.17. The summed E-state index contributed by atoms with van der Waals surface area (Å²) in [5.41, 5.74) is 5.78. The Morgan fingerprint density at radius 2 is 1.62 bits per heavy atom. The van der Waals surface area contributed by atoms with Crippen LogP contribution in [0.2, 0.25) is 0 Å². The molecular weight excluding hydrogens is 438 g/mol. The lowest BCUT2D eigenvalue weighted by molar-refractivity contribution is -0.384. The number of primary amides is 1. The second-order valence-corrected chi connectivity index (χ2v) is 9.15. The van der Waals surface area contributed by atoms with Crippen molar-refractivity contribution >= 4 is 27.6 Å². The van der Waals surface area contributed by atoms with Gasteiger partial charge in [0.1, 0.15) is 0 Å². The third-order valence-corrected chi connectivity index (χ3v) is 7.09. The van der Waals surface area contributed by atoms with Crippen LogP contribution in [0.1, 0.15) is 18.0 Å². The first-order chi connectivity index (χ1) is 15.2. The molecule has 2 aromatic carbocycles. The number of nitro groups is 1. The van der Waals surface area contributed by atoms with Crippen LogP contribution in [0.5, 0.6) is 0 Å². The number of nitrogens with two attached hydrogens (primary N) is 1. The number of hydrogen-bond acceptors (Lipinski definition) is 6. The van der Waals surface area contributed by atoms with Crippen molar-refractivity contribution in [1.29, 1.82) is 0 Å². The molecule has 0 saturated carbocycles. The van der Waals surface area contributed by atoms with Crippen LogP contribution in [0.4, 0.5) is 10.5 Å². The van der Waals surface area contributed by atoms with E-state index in [9.17, 15) is 28.1 Å². The molecule has 1 saturated heterocycles. The van der Waals surface area contributed by atoms with E-state index in [1.165, 1.54) is 16.4 Å². The number of urea groups is 1. The fraction of sp³-hybridized carbons (Fsp3) is 0.300. The number of hydrogen-bond donors (Lipinski definition) is 2. The highest BCUT2D eigenvalue weighted by Crippen LogP contribution is 2.22. The Labute approximate surface area is 185 Å². The van der Waals surface area contributed by atoms with Crippen LogP contribution < -0.4 is 11.1 Å². The molecule has 0 bridgehead atoms. The van der Waals surface area contributed by atoms with Crippen molar-refractivity contribution in [3.8, 4) is 0 Å². The number of carbonyl (C=O) groups is 2. The van der Waals surface area contributed by atoms with E-state index in [0.717, 1.165) is 17.7 Å². The van der Waals surface area contributed by atoms with Crippen molar-refractivity contribution in [1.82, 2.24) is 14.5 Å². The molecule has 1 aliphatic rings. The summed E-state index contributed by atoms with van der Waals surface area (Å²) in [5, 5.41) is 13.3. The van der Waals surface area contributed by atoms with E-state index in [1.54, 1.807) is 29.2 Å². The van der Waals surface area contributed by atoms with Crippen LogP contribution in [0.25, 0.3) is 0 Å². The van der Waals surface area contributed by atoms with E-state index in [2.05, 4.69) is 5.32 Å². The quantitative estimate of drug-likeness (QED) is 0.466. The van der Waals surface area contributed by atoms with Gasteiger partial charge in [0, 0.05) is 38.3 Å². The van der Waals surface area contributed by atoms with Crippen molar-refractivity contribution in [2.45, 2.75) is 17.4 Å². The number of rotatable bonds is 7. The minimum atomic E-state index is -3.84. The minimum absolute atomic E-state index is 0.0118. The zero-order valence-electron chi connectivity index (χ0n) is 17.1. The first-order valence-corrected chi connectivity index (χ1v) is 11.3. The maximum Gasteiger partial charge on any atom is 0.312 e. The highest BCUT2D eigenvalue weighted by atomic mass is 32.2. The zero-order chi connectivity index (χ0) is 23.3. The Hall–Kier alpha value is -3.51. The van der Waals surface area contributed by atoms with Crippen LogP contribution in [-0.4, -0.2) is 60.7 Å². The Morgan fingerprint density at radius 1 is 1.03 bits per heavy atom. The molecule has 1 aliphatic heterocycles. The van der Waals surface area contributed by atoms with Crippen molar-refractivity contribution in [2.75, 3.05) is 26.2 Å². The number of benzene rings is 2. The Bertz CT molecular complexity index is 1080. The monoisotopic (exact) mass is 461 g/mol. The number of non-ortho nitro benzene ring substituents is 1. The van der Waals surface area contributed by atoms with Gasteiger partial charge < -0.3 is 16.0 Å². The number of nitrogens with one attached hydrogen (secondary N) is 1. The van der Waals surface area contributed by atoms with Gasteiger partial charge in [0.2, 0.25) is 15.9 Å². The van der Waals surface area contributed by atoms with E-state index in [4.69, 9.17) is 5.73 Å². The smallest absolute Gasteiger partial charge is 0.312 e. The van der Waals surface area contributed by atoms with E-state index < -0.39 is 27.0 Å². The highest BCUT2D eigenvalue weighted by Gasteiger charge is 2.31. The SMILES string of the molecule is NC(=O)NC(CC(=O)N1CCN(S(=O)(=O)c2ccc([N+](=O)[O-])cc2)CC1)c1ccccc1. The summed E-state index contributed by atoms with van der Waals surface area (Å²) >= 11 is 0. The normalized spacial score (nSPS) is 15.7. The first kappa shape index (κ1) is 23.2. The lowest BCUT2D eigenvalue weighted by atomic mass is 10.0. The predicted molar refractivity (Wildman–Crippen MR) is 115 cm³/mol. The van der Waals surface area contributed by atoms with Gasteiger partial charge in [-0.3, -0.25) is 14.9 Å². The molecule has 12 heteroatoms.